The molecule has 0 saturated carbocycles. The van der Waals surface area contributed by atoms with Crippen molar-refractivity contribution in [2.24, 2.45) is 11.8 Å². The molecule has 6 nitrogen and oxygen atoms in total. The number of aromatic nitrogens is 4. The van der Waals surface area contributed by atoms with Crippen LogP contribution in [0.1, 0.15) is 13.3 Å². The fourth-order valence-corrected chi connectivity index (χ4v) is 3.24. The van der Waals surface area contributed by atoms with Gasteiger partial charge in [-0.05, 0) is 24.5 Å². The highest BCUT2D eigenvalue weighted by atomic mass is 19.4. The molecule has 3 rings (SSSR count). The third-order valence-electron chi connectivity index (χ3n) is 4.74. The zero-order valence-electron chi connectivity index (χ0n) is 15.8. The molecule has 0 aromatic carbocycles. The Kier molecular flexibility index (Phi) is 5.64. The van der Waals surface area contributed by atoms with Gasteiger partial charge in [-0.15, -0.1) is 11.7 Å². The molecular weight excluding hydrogens is 409 g/mol. The predicted octanol–water partition coefficient (Wildman–Crippen LogP) is 2.15. The largest absolute Gasteiger partial charge is 0.395 e. The first-order valence-corrected chi connectivity index (χ1v) is 8.90. The standard InChI is InChI=1S/C19H18F5N5O/c1-3-4-5-13(21)11(8-20)9-28-18(30)29-15-6-10(2)12(19(22,23)24)7-14(15)26-16(25)17(29)27-28/h3,5-8,10,12H,1,4,9H2,2H3,(H2,25,26)/b11-8+,13-5?. The van der Waals surface area contributed by atoms with Crippen LogP contribution in [0.5, 0.6) is 0 Å². The average molecular weight is 427 g/mol. The van der Waals surface area contributed by atoms with Crippen molar-refractivity contribution in [3.8, 4) is 0 Å². The average Bonchev–Trinajstić information content (AvgIpc) is 3.00. The molecule has 11 heteroatoms. The molecule has 0 saturated heterocycles. The lowest BCUT2D eigenvalue weighted by molar-refractivity contribution is -0.163. The van der Waals surface area contributed by atoms with Gasteiger partial charge in [-0.2, -0.15) is 13.2 Å². The summed E-state index contributed by atoms with van der Waals surface area (Å²) >= 11 is 0. The first kappa shape index (κ1) is 21.5. The molecule has 0 bridgehead atoms. The van der Waals surface area contributed by atoms with Gasteiger partial charge >= 0.3 is 11.9 Å². The van der Waals surface area contributed by atoms with Crippen LogP contribution in [0.25, 0.3) is 17.8 Å². The van der Waals surface area contributed by atoms with Gasteiger partial charge in [-0.3, -0.25) is 0 Å². The summed E-state index contributed by atoms with van der Waals surface area (Å²) in [5.41, 5.74) is 4.43. The molecule has 2 atom stereocenters. The quantitative estimate of drug-likeness (QED) is 0.451. The molecule has 0 fully saturated rings. The Labute approximate surface area is 166 Å². The number of hydrogen-bond acceptors (Lipinski definition) is 4. The van der Waals surface area contributed by atoms with Crippen LogP contribution in [0, 0.1) is 11.8 Å². The number of nitrogen functional groups attached to an aromatic ring is 1. The van der Waals surface area contributed by atoms with Crippen LogP contribution in [0.15, 0.2) is 41.3 Å². The SMILES string of the molecule is C=CCC=C(F)/C(=C/F)Cn1nc2c(N)nc3c(n2c1=O)=CC(C)C(C(F)(F)F)C=3. The number of fused-ring (bicyclic) bond motifs is 3. The van der Waals surface area contributed by atoms with E-state index in [-0.39, 0.29) is 34.9 Å². The second-order valence-corrected chi connectivity index (χ2v) is 6.84. The zero-order chi connectivity index (χ0) is 22.2. The fourth-order valence-electron chi connectivity index (χ4n) is 3.24. The van der Waals surface area contributed by atoms with Gasteiger partial charge in [0.25, 0.3) is 0 Å². The fraction of sp³-hybridized carbons (Fsp3) is 0.316. The summed E-state index contributed by atoms with van der Waals surface area (Å²) in [6, 6.07) is 0. The van der Waals surface area contributed by atoms with Gasteiger partial charge in [-0.25, -0.2) is 27.6 Å². The van der Waals surface area contributed by atoms with Crippen LogP contribution in [0.2, 0.25) is 0 Å². The van der Waals surface area contributed by atoms with E-state index in [2.05, 4.69) is 16.7 Å². The highest BCUT2D eigenvalue weighted by Gasteiger charge is 2.42. The van der Waals surface area contributed by atoms with E-state index in [4.69, 9.17) is 5.73 Å². The van der Waals surface area contributed by atoms with Crippen molar-refractivity contribution in [2.45, 2.75) is 26.1 Å². The Balaban J connectivity index is 2.18. The molecule has 0 aliphatic heterocycles. The highest BCUT2D eigenvalue weighted by molar-refractivity contribution is 5.60. The zero-order valence-corrected chi connectivity index (χ0v) is 15.8. The highest BCUT2D eigenvalue weighted by Crippen LogP contribution is 2.34. The van der Waals surface area contributed by atoms with Gasteiger partial charge in [0.05, 0.1) is 29.5 Å². The van der Waals surface area contributed by atoms with Crippen LogP contribution < -0.4 is 22.1 Å². The van der Waals surface area contributed by atoms with Crippen LogP contribution >= 0.6 is 0 Å². The minimum atomic E-state index is -4.50. The summed E-state index contributed by atoms with van der Waals surface area (Å²) in [6.45, 7) is 4.24. The number of halogens is 5. The maximum Gasteiger partial charge on any atom is 0.395 e. The summed E-state index contributed by atoms with van der Waals surface area (Å²) in [7, 11) is 0. The van der Waals surface area contributed by atoms with E-state index < -0.39 is 41.6 Å². The van der Waals surface area contributed by atoms with Crippen LogP contribution in [-0.4, -0.2) is 25.3 Å². The molecule has 2 aromatic heterocycles. The lowest BCUT2D eigenvalue weighted by Gasteiger charge is -2.23. The number of nitrogens with zero attached hydrogens (tertiary/aromatic N) is 4. The van der Waals surface area contributed by atoms with Gasteiger partial charge in [0, 0.05) is 5.57 Å². The second-order valence-electron chi connectivity index (χ2n) is 6.84. The van der Waals surface area contributed by atoms with Gasteiger partial charge < -0.3 is 5.73 Å². The van der Waals surface area contributed by atoms with Gasteiger partial charge in [-0.1, -0.05) is 19.1 Å². The van der Waals surface area contributed by atoms with E-state index in [0.29, 0.717) is 0 Å². The molecule has 0 amide bonds. The summed E-state index contributed by atoms with van der Waals surface area (Å²) in [5.74, 6) is -3.93. The molecule has 0 spiro atoms. The van der Waals surface area contributed by atoms with E-state index in [0.717, 1.165) is 21.2 Å². The van der Waals surface area contributed by atoms with Crippen molar-refractivity contribution < 1.29 is 22.0 Å². The first-order valence-electron chi connectivity index (χ1n) is 8.90. The van der Waals surface area contributed by atoms with Crippen molar-refractivity contribution in [3.05, 3.63) is 57.6 Å². The topological polar surface area (TPSA) is 78.2 Å². The van der Waals surface area contributed by atoms with E-state index in [9.17, 15) is 26.7 Å². The molecule has 1 aliphatic rings. The molecule has 2 N–H and O–H groups in total. The molecule has 2 unspecified atom stereocenters. The van der Waals surface area contributed by atoms with E-state index >= 15 is 0 Å². The van der Waals surface area contributed by atoms with Crippen molar-refractivity contribution >= 4 is 23.6 Å². The third kappa shape index (κ3) is 3.79. The predicted molar refractivity (Wildman–Crippen MR) is 102 cm³/mol. The smallest absolute Gasteiger partial charge is 0.381 e. The maximum absolute atomic E-state index is 14.1. The number of anilines is 1. The normalized spacial score (nSPS) is 19.9. The Morgan fingerprint density at radius 2 is 2.07 bits per heavy atom. The van der Waals surface area contributed by atoms with Crippen molar-refractivity contribution in [3.63, 3.8) is 0 Å². The Morgan fingerprint density at radius 3 is 2.67 bits per heavy atom. The number of hydrogen-bond donors (Lipinski definition) is 1. The molecule has 1 aliphatic carbocycles. The monoisotopic (exact) mass is 427 g/mol. The van der Waals surface area contributed by atoms with Crippen molar-refractivity contribution in [2.75, 3.05) is 5.73 Å². The lowest BCUT2D eigenvalue weighted by atomic mass is 9.89. The molecule has 0 radical (unpaired) electrons. The Hall–Kier alpha value is -3.24. The van der Waals surface area contributed by atoms with Crippen LogP contribution in [0.4, 0.5) is 27.8 Å². The maximum atomic E-state index is 14.1. The van der Waals surface area contributed by atoms with Gasteiger partial charge in [0.15, 0.2) is 5.82 Å². The number of nitrogens with two attached hydrogens (primary N) is 1. The van der Waals surface area contributed by atoms with Gasteiger partial charge in [0.1, 0.15) is 5.83 Å². The van der Waals surface area contributed by atoms with E-state index in [1.165, 1.54) is 19.1 Å². The number of rotatable bonds is 5. The van der Waals surface area contributed by atoms with Crippen LogP contribution in [-0.2, 0) is 6.54 Å². The van der Waals surface area contributed by atoms with Gasteiger partial charge in [0.2, 0.25) is 5.65 Å². The molecular formula is C19H18F5N5O. The summed E-state index contributed by atoms with van der Waals surface area (Å²) < 4.78 is 68.8. The number of allylic oxidation sites excluding steroid dienone is 4. The van der Waals surface area contributed by atoms with E-state index in [1.54, 1.807) is 0 Å². The third-order valence-corrected chi connectivity index (χ3v) is 4.74. The Morgan fingerprint density at radius 1 is 1.37 bits per heavy atom. The minimum Gasteiger partial charge on any atom is -0.381 e. The molecule has 160 valence electrons. The molecule has 2 aromatic rings. The number of alkyl halides is 3. The summed E-state index contributed by atoms with van der Waals surface area (Å²) in [5, 5.41) is 3.95. The first-order chi connectivity index (χ1) is 14.1. The second kappa shape index (κ2) is 7.88. The van der Waals surface area contributed by atoms with E-state index in [1.807, 2.05) is 0 Å². The summed E-state index contributed by atoms with van der Waals surface area (Å²) in [4.78, 5) is 16.8. The van der Waals surface area contributed by atoms with Crippen molar-refractivity contribution in [1.82, 2.24) is 19.2 Å². The Bertz CT molecular complexity index is 1240. The minimum absolute atomic E-state index is 0.0123. The summed E-state index contributed by atoms with van der Waals surface area (Å²) in [6.07, 6.45) is 0.325. The lowest BCUT2D eigenvalue weighted by Crippen LogP contribution is -2.46. The molecule has 30 heavy (non-hydrogen) atoms. The molecule has 2 heterocycles. The van der Waals surface area contributed by atoms with Crippen LogP contribution in [0.3, 0.4) is 0 Å². The van der Waals surface area contributed by atoms with Crippen molar-refractivity contribution in [1.29, 1.82) is 0 Å².